The summed E-state index contributed by atoms with van der Waals surface area (Å²) in [5.74, 6) is 0. The van der Waals surface area contributed by atoms with Gasteiger partial charge in [-0.2, -0.15) is 8.42 Å². The molecule has 0 aliphatic carbocycles. The Morgan fingerprint density at radius 3 is 1.69 bits per heavy atom. The molecule has 0 amide bonds. The Morgan fingerprint density at radius 1 is 0.542 bits per heavy atom. The Morgan fingerprint density at radius 2 is 1.08 bits per heavy atom. The van der Waals surface area contributed by atoms with Crippen molar-refractivity contribution >= 4 is 10.4 Å². The van der Waals surface area contributed by atoms with Crippen LogP contribution in [0.1, 0.15) is 6.92 Å². The molecular formula is C24H42O23S. The predicted octanol–water partition coefficient (Wildman–Crippen LogP) is -8.89. The molecule has 0 aromatic heterocycles. The molecule has 0 aromatic rings. The number of hydrogen-bond acceptors (Lipinski definition) is 22. The maximum Gasteiger partial charge on any atom is 0.397 e. The van der Waals surface area contributed by atoms with E-state index in [1.807, 2.05) is 0 Å². The zero-order valence-electron chi connectivity index (χ0n) is 25.0. The summed E-state index contributed by atoms with van der Waals surface area (Å²) in [6.45, 7) is -1.42. The second-order valence-electron chi connectivity index (χ2n) is 11.7. The summed E-state index contributed by atoms with van der Waals surface area (Å²) in [5, 5.41) is 123. The molecular weight excluding hydrogens is 688 g/mol. The Kier molecular flexibility index (Phi) is 13.5. The fourth-order valence-corrected chi connectivity index (χ4v) is 6.12. The van der Waals surface area contributed by atoms with E-state index in [2.05, 4.69) is 4.18 Å². The smallest absolute Gasteiger partial charge is 0.394 e. The molecule has 4 aliphatic rings. The van der Waals surface area contributed by atoms with E-state index in [4.69, 9.17) is 37.7 Å². The van der Waals surface area contributed by atoms with Crippen LogP contribution in [0.15, 0.2) is 0 Å². The van der Waals surface area contributed by atoms with Gasteiger partial charge in [0.1, 0.15) is 91.6 Å². The molecule has 0 bridgehead atoms. The highest BCUT2D eigenvalue weighted by atomic mass is 32.3. The first-order valence-corrected chi connectivity index (χ1v) is 16.0. The Labute approximate surface area is 271 Å². The molecule has 4 fully saturated rings. The zero-order valence-corrected chi connectivity index (χ0v) is 25.8. The van der Waals surface area contributed by atoms with Gasteiger partial charge in [-0.25, -0.2) is 4.18 Å². The molecule has 13 N–H and O–H groups in total. The standard InChI is InChI=1S/C24H42O23S/c1-5-9(27)12(30)15(33)23(41-5)46-20-17(35)22(40-4-8-10(28)13(31)14(32)21(36)42-8)44-7(3-26)18(20)45-24-16(34)19(47-48(37,38)39)11(29)6(2-25)43-24/h5-36H,2-4H2,1H3,(H,37,38,39)/t5-,6+,7+,8+,9+,10-,11-,12+,13-,14+,15-,16+,17+,18+,19-,20+,21+,22+,23-,24-/m0/s1. The lowest BCUT2D eigenvalue weighted by molar-refractivity contribution is -0.387. The molecule has 282 valence electrons. The van der Waals surface area contributed by atoms with Crippen molar-refractivity contribution in [3.63, 3.8) is 0 Å². The molecule has 0 radical (unpaired) electrons. The van der Waals surface area contributed by atoms with Gasteiger partial charge in [-0.15, -0.1) is 0 Å². The summed E-state index contributed by atoms with van der Waals surface area (Å²) in [4.78, 5) is 0. The van der Waals surface area contributed by atoms with E-state index < -0.39 is 153 Å². The average Bonchev–Trinajstić information content (AvgIpc) is 3.03. The van der Waals surface area contributed by atoms with Gasteiger partial charge in [-0.1, -0.05) is 0 Å². The predicted molar refractivity (Wildman–Crippen MR) is 143 cm³/mol. The highest BCUT2D eigenvalue weighted by Gasteiger charge is 2.55. The second kappa shape index (κ2) is 16.2. The van der Waals surface area contributed by atoms with Crippen molar-refractivity contribution in [3.8, 4) is 0 Å². The maximum atomic E-state index is 11.4. The summed E-state index contributed by atoms with van der Waals surface area (Å²) < 4.78 is 74.7. The third kappa shape index (κ3) is 8.59. The van der Waals surface area contributed by atoms with E-state index in [0.717, 1.165) is 0 Å². The van der Waals surface area contributed by atoms with Crippen molar-refractivity contribution in [2.75, 3.05) is 19.8 Å². The van der Waals surface area contributed by atoms with Crippen LogP contribution >= 0.6 is 0 Å². The maximum absolute atomic E-state index is 11.4. The van der Waals surface area contributed by atoms with Crippen LogP contribution < -0.4 is 0 Å². The highest BCUT2D eigenvalue weighted by molar-refractivity contribution is 7.80. The van der Waals surface area contributed by atoms with E-state index in [-0.39, 0.29) is 0 Å². The molecule has 0 spiro atoms. The minimum atomic E-state index is -5.31. The molecule has 23 nitrogen and oxygen atoms in total. The van der Waals surface area contributed by atoms with Gasteiger partial charge in [0.15, 0.2) is 25.2 Å². The third-order valence-corrected chi connectivity index (χ3v) is 8.82. The van der Waals surface area contributed by atoms with Crippen LogP contribution in [0.4, 0.5) is 0 Å². The number of hydrogen-bond donors (Lipinski definition) is 13. The quantitative estimate of drug-likeness (QED) is 0.0877. The summed E-state index contributed by atoms with van der Waals surface area (Å²) in [6, 6.07) is 0. The minimum Gasteiger partial charge on any atom is -0.394 e. The molecule has 0 aromatic carbocycles. The van der Waals surface area contributed by atoms with E-state index >= 15 is 0 Å². The van der Waals surface area contributed by atoms with Crippen LogP contribution in [-0.4, -0.2) is 217 Å². The van der Waals surface area contributed by atoms with Crippen LogP contribution in [0.25, 0.3) is 0 Å². The molecule has 4 saturated heterocycles. The summed E-state index contributed by atoms with van der Waals surface area (Å²) >= 11 is 0. The number of rotatable bonds is 11. The van der Waals surface area contributed by atoms with Gasteiger partial charge in [-0.05, 0) is 6.92 Å². The number of ether oxygens (including phenoxy) is 7. The first-order valence-electron chi connectivity index (χ1n) is 14.6. The normalized spacial score (nSPS) is 50.7. The van der Waals surface area contributed by atoms with Crippen LogP contribution in [0, 0.1) is 0 Å². The van der Waals surface area contributed by atoms with E-state index in [1.54, 1.807) is 0 Å². The lowest BCUT2D eigenvalue weighted by Gasteiger charge is -2.49. The van der Waals surface area contributed by atoms with Crippen LogP contribution in [-0.2, 0) is 47.7 Å². The van der Waals surface area contributed by atoms with E-state index in [9.17, 15) is 69.7 Å². The fraction of sp³-hybridized carbons (Fsp3) is 1.00. The van der Waals surface area contributed by atoms with Gasteiger partial charge < -0.3 is 94.4 Å². The minimum absolute atomic E-state index is 0.736. The lowest BCUT2D eigenvalue weighted by Crippen LogP contribution is -2.67. The monoisotopic (exact) mass is 730 g/mol. The molecule has 4 aliphatic heterocycles. The summed E-state index contributed by atoms with van der Waals surface area (Å²) in [6.07, 6.45) is -36.9. The van der Waals surface area contributed by atoms with Crippen molar-refractivity contribution in [2.24, 2.45) is 0 Å². The molecule has 20 atom stereocenters. The van der Waals surface area contributed by atoms with Crippen molar-refractivity contribution < 1.29 is 112 Å². The third-order valence-electron chi connectivity index (χ3n) is 8.35. The first kappa shape index (κ1) is 39.9. The van der Waals surface area contributed by atoms with Crippen molar-refractivity contribution in [3.05, 3.63) is 0 Å². The molecule has 48 heavy (non-hydrogen) atoms. The molecule has 4 heterocycles. The fourth-order valence-electron chi connectivity index (χ4n) is 5.61. The summed E-state index contributed by atoms with van der Waals surface area (Å²) in [7, 11) is -5.31. The molecule has 24 heteroatoms. The molecule has 0 saturated carbocycles. The van der Waals surface area contributed by atoms with Crippen molar-refractivity contribution in [1.82, 2.24) is 0 Å². The van der Waals surface area contributed by atoms with Gasteiger partial charge in [0.25, 0.3) is 0 Å². The van der Waals surface area contributed by atoms with Gasteiger partial charge >= 0.3 is 10.4 Å². The first-order chi connectivity index (χ1) is 22.4. The highest BCUT2D eigenvalue weighted by Crippen LogP contribution is 2.34. The Balaban J connectivity index is 1.61. The lowest BCUT2D eigenvalue weighted by atomic mass is 9.96. The largest absolute Gasteiger partial charge is 0.397 e. The SMILES string of the molecule is C[C@@H]1O[C@@H](O[C@@H]2[C@@H](O)[C@H](OC[C@H]3O[C@@H](O)[C@H](O)[C@@H](O)[C@H]3O)O[C@H](CO)[C@H]2O[C@@H]2O[C@H](CO)[C@H](O)[C@H](OS(=O)(=O)O)[C@H]2O)[C@@H](O)[C@H](O)[C@@H]1O. The number of aliphatic hydroxyl groups excluding tert-OH is 12. The van der Waals surface area contributed by atoms with Crippen molar-refractivity contribution in [1.29, 1.82) is 0 Å². The zero-order chi connectivity index (χ0) is 35.8. The van der Waals surface area contributed by atoms with Gasteiger partial charge in [0.05, 0.1) is 25.9 Å². The topological polar surface area (TPSA) is 371 Å². The van der Waals surface area contributed by atoms with E-state index in [1.165, 1.54) is 6.92 Å². The Bertz CT molecular complexity index is 1130. The van der Waals surface area contributed by atoms with Gasteiger partial charge in [0.2, 0.25) is 0 Å². The molecule has 0 unspecified atom stereocenters. The van der Waals surface area contributed by atoms with Gasteiger partial charge in [0, 0.05) is 0 Å². The molecule has 4 rings (SSSR count). The second-order valence-corrected chi connectivity index (χ2v) is 12.7. The van der Waals surface area contributed by atoms with Crippen LogP contribution in [0.3, 0.4) is 0 Å². The average molecular weight is 731 g/mol. The van der Waals surface area contributed by atoms with Crippen molar-refractivity contribution in [2.45, 2.75) is 130 Å². The summed E-state index contributed by atoms with van der Waals surface area (Å²) in [5.41, 5.74) is 0. The van der Waals surface area contributed by atoms with Gasteiger partial charge in [-0.3, -0.25) is 4.55 Å². The van der Waals surface area contributed by atoms with Crippen LogP contribution in [0.2, 0.25) is 0 Å². The Hall–Kier alpha value is -0.890. The number of aliphatic hydroxyl groups is 12. The van der Waals surface area contributed by atoms with E-state index in [0.29, 0.717) is 0 Å². The van der Waals surface area contributed by atoms with Crippen LogP contribution in [0.5, 0.6) is 0 Å².